The number of aromatic nitrogens is 3. The topological polar surface area (TPSA) is 30.7 Å². The second kappa shape index (κ2) is 3.89. The van der Waals surface area contributed by atoms with Crippen LogP contribution in [0, 0.1) is 0 Å². The molecule has 3 heteroatoms. The summed E-state index contributed by atoms with van der Waals surface area (Å²) in [4.78, 5) is 8.83. The highest BCUT2D eigenvalue weighted by Gasteiger charge is 2.18. The van der Waals surface area contributed by atoms with E-state index >= 15 is 0 Å². The van der Waals surface area contributed by atoms with E-state index in [1.165, 1.54) is 31.2 Å². The summed E-state index contributed by atoms with van der Waals surface area (Å²) >= 11 is 0. The van der Waals surface area contributed by atoms with Crippen molar-refractivity contribution in [2.45, 2.75) is 45.1 Å². The van der Waals surface area contributed by atoms with Gasteiger partial charge >= 0.3 is 0 Å². The number of hydrogen-bond acceptors (Lipinski definition) is 2. The smallest absolute Gasteiger partial charge is 0.107 e. The van der Waals surface area contributed by atoms with Crippen molar-refractivity contribution in [1.82, 2.24) is 14.5 Å². The lowest BCUT2D eigenvalue weighted by atomic mass is 10.2. The maximum atomic E-state index is 4.44. The molecule has 0 saturated heterocycles. The fourth-order valence-electron chi connectivity index (χ4n) is 2.64. The van der Waals surface area contributed by atoms with E-state index in [1.54, 1.807) is 0 Å². The predicted octanol–water partition coefficient (Wildman–Crippen LogP) is 3.11. The molecule has 16 heavy (non-hydrogen) atoms. The maximum Gasteiger partial charge on any atom is 0.107 e. The van der Waals surface area contributed by atoms with Gasteiger partial charge in [0.25, 0.3) is 0 Å². The van der Waals surface area contributed by atoms with E-state index in [2.05, 4.69) is 27.5 Å². The van der Waals surface area contributed by atoms with E-state index in [0.29, 0.717) is 6.04 Å². The summed E-state index contributed by atoms with van der Waals surface area (Å²) < 4.78 is 2.35. The summed E-state index contributed by atoms with van der Waals surface area (Å²) in [6, 6.07) is 2.86. The van der Waals surface area contributed by atoms with Gasteiger partial charge in [-0.1, -0.05) is 19.8 Å². The van der Waals surface area contributed by atoms with Crippen LogP contribution in [-0.4, -0.2) is 14.5 Å². The van der Waals surface area contributed by atoms with E-state index in [0.717, 1.165) is 17.6 Å². The summed E-state index contributed by atoms with van der Waals surface area (Å²) in [5.41, 5.74) is 3.45. The third-order valence-corrected chi connectivity index (χ3v) is 3.60. The molecule has 0 bridgehead atoms. The third-order valence-electron chi connectivity index (χ3n) is 3.60. The Labute approximate surface area is 95.5 Å². The molecule has 0 amide bonds. The molecule has 2 heterocycles. The van der Waals surface area contributed by atoms with Gasteiger partial charge in [-0.15, -0.1) is 0 Å². The summed E-state index contributed by atoms with van der Waals surface area (Å²) in [6.45, 7) is 2.14. The SMILES string of the molecule is CCc1cc2c(cn1)ncn2C1CCCC1. The molecule has 84 valence electrons. The van der Waals surface area contributed by atoms with Gasteiger partial charge in [-0.2, -0.15) is 0 Å². The van der Waals surface area contributed by atoms with Crippen molar-refractivity contribution >= 4 is 11.0 Å². The zero-order chi connectivity index (χ0) is 11.0. The molecule has 0 aliphatic heterocycles. The van der Waals surface area contributed by atoms with Gasteiger partial charge in [0.15, 0.2) is 0 Å². The van der Waals surface area contributed by atoms with Gasteiger partial charge in [-0.25, -0.2) is 4.98 Å². The Morgan fingerprint density at radius 2 is 2.12 bits per heavy atom. The summed E-state index contributed by atoms with van der Waals surface area (Å²) in [6.07, 6.45) is 10.2. The zero-order valence-electron chi connectivity index (χ0n) is 9.69. The van der Waals surface area contributed by atoms with Gasteiger partial charge in [0, 0.05) is 11.7 Å². The second-order valence-electron chi connectivity index (χ2n) is 4.61. The minimum Gasteiger partial charge on any atom is -0.327 e. The molecule has 0 aromatic carbocycles. The lowest BCUT2D eigenvalue weighted by Crippen LogP contribution is -2.03. The number of nitrogens with zero attached hydrogens (tertiary/aromatic N) is 3. The van der Waals surface area contributed by atoms with Crippen molar-refractivity contribution in [3.8, 4) is 0 Å². The molecule has 0 atom stereocenters. The number of aryl methyl sites for hydroxylation is 1. The van der Waals surface area contributed by atoms with Gasteiger partial charge in [0.2, 0.25) is 0 Å². The summed E-state index contributed by atoms with van der Waals surface area (Å²) in [5, 5.41) is 0. The minimum absolute atomic E-state index is 0.664. The Balaban J connectivity index is 2.09. The Hall–Kier alpha value is -1.38. The molecule has 0 N–H and O–H groups in total. The highest BCUT2D eigenvalue weighted by Crippen LogP contribution is 2.31. The first-order chi connectivity index (χ1) is 7.88. The van der Waals surface area contributed by atoms with Crippen molar-refractivity contribution in [2.75, 3.05) is 0 Å². The minimum atomic E-state index is 0.664. The summed E-state index contributed by atoms with van der Waals surface area (Å²) in [7, 11) is 0. The lowest BCUT2D eigenvalue weighted by molar-refractivity contribution is 0.532. The van der Waals surface area contributed by atoms with E-state index in [-0.39, 0.29) is 0 Å². The molecule has 1 saturated carbocycles. The van der Waals surface area contributed by atoms with Crippen LogP contribution in [0.2, 0.25) is 0 Å². The van der Waals surface area contributed by atoms with E-state index in [4.69, 9.17) is 0 Å². The number of fused-ring (bicyclic) bond motifs is 1. The Morgan fingerprint density at radius 3 is 2.88 bits per heavy atom. The number of hydrogen-bond donors (Lipinski definition) is 0. The van der Waals surface area contributed by atoms with Crippen LogP contribution in [0.5, 0.6) is 0 Å². The fraction of sp³-hybridized carbons (Fsp3) is 0.538. The standard InChI is InChI=1S/C13H17N3/c1-2-10-7-13-12(8-14-10)15-9-16(13)11-5-3-4-6-11/h7-9,11H,2-6H2,1H3. The fourth-order valence-corrected chi connectivity index (χ4v) is 2.64. The first kappa shape index (κ1) is 9.82. The van der Waals surface area contributed by atoms with E-state index in [1.807, 2.05) is 12.5 Å². The lowest BCUT2D eigenvalue weighted by Gasteiger charge is -2.12. The van der Waals surface area contributed by atoms with Crippen molar-refractivity contribution in [3.05, 3.63) is 24.3 Å². The van der Waals surface area contributed by atoms with Crippen LogP contribution in [-0.2, 0) is 6.42 Å². The normalized spacial score (nSPS) is 17.3. The molecule has 0 radical (unpaired) electrons. The van der Waals surface area contributed by atoms with Crippen LogP contribution in [0.3, 0.4) is 0 Å². The van der Waals surface area contributed by atoms with Crippen molar-refractivity contribution in [3.63, 3.8) is 0 Å². The molecular weight excluding hydrogens is 198 g/mol. The highest BCUT2D eigenvalue weighted by molar-refractivity contribution is 5.74. The number of rotatable bonds is 2. The Bertz CT molecular complexity index is 495. The molecule has 2 aromatic heterocycles. The average Bonchev–Trinajstić information content (AvgIpc) is 2.96. The van der Waals surface area contributed by atoms with Gasteiger partial charge in [-0.05, 0) is 25.3 Å². The average molecular weight is 215 g/mol. The second-order valence-corrected chi connectivity index (χ2v) is 4.61. The molecule has 1 aliphatic rings. The van der Waals surface area contributed by atoms with Gasteiger partial charge in [0.05, 0.1) is 18.0 Å². The van der Waals surface area contributed by atoms with Gasteiger partial charge < -0.3 is 4.57 Å². The quantitative estimate of drug-likeness (QED) is 0.770. The third kappa shape index (κ3) is 1.51. The highest BCUT2D eigenvalue weighted by atomic mass is 15.1. The zero-order valence-corrected chi connectivity index (χ0v) is 9.69. The number of pyridine rings is 1. The largest absolute Gasteiger partial charge is 0.327 e. The summed E-state index contributed by atoms with van der Waals surface area (Å²) in [5.74, 6) is 0. The molecule has 3 nitrogen and oxygen atoms in total. The first-order valence-electron chi connectivity index (χ1n) is 6.20. The predicted molar refractivity (Wildman–Crippen MR) is 64.4 cm³/mol. The van der Waals surface area contributed by atoms with Crippen LogP contribution in [0.1, 0.15) is 44.3 Å². The van der Waals surface area contributed by atoms with Gasteiger partial charge in [0.1, 0.15) is 5.52 Å². The molecule has 2 aromatic rings. The monoisotopic (exact) mass is 215 g/mol. The van der Waals surface area contributed by atoms with Crippen LogP contribution in [0.15, 0.2) is 18.6 Å². The van der Waals surface area contributed by atoms with E-state index in [9.17, 15) is 0 Å². The van der Waals surface area contributed by atoms with Crippen LogP contribution < -0.4 is 0 Å². The molecule has 0 spiro atoms. The van der Waals surface area contributed by atoms with Crippen LogP contribution in [0.25, 0.3) is 11.0 Å². The van der Waals surface area contributed by atoms with Crippen molar-refractivity contribution < 1.29 is 0 Å². The van der Waals surface area contributed by atoms with Crippen molar-refractivity contribution in [2.24, 2.45) is 0 Å². The van der Waals surface area contributed by atoms with Crippen LogP contribution >= 0.6 is 0 Å². The molecule has 1 fully saturated rings. The van der Waals surface area contributed by atoms with Crippen molar-refractivity contribution in [1.29, 1.82) is 0 Å². The van der Waals surface area contributed by atoms with E-state index < -0.39 is 0 Å². The van der Waals surface area contributed by atoms with Crippen LogP contribution in [0.4, 0.5) is 0 Å². The Kier molecular flexibility index (Phi) is 2.39. The molecule has 0 unspecified atom stereocenters. The molecule has 1 aliphatic carbocycles. The first-order valence-corrected chi connectivity index (χ1v) is 6.20. The van der Waals surface area contributed by atoms with Gasteiger partial charge in [-0.3, -0.25) is 4.98 Å². The maximum absolute atomic E-state index is 4.44. The number of imidazole rings is 1. The molecular formula is C13H17N3. The molecule has 3 rings (SSSR count). The Morgan fingerprint density at radius 1 is 1.31 bits per heavy atom.